The third-order valence-corrected chi connectivity index (χ3v) is 2.91. The van der Waals surface area contributed by atoms with E-state index in [4.69, 9.17) is 4.74 Å². The second kappa shape index (κ2) is 4.45. The molecular formula is C10H10BrF2NO. The summed E-state index contributed by atoms with van der Waals surface area (Å²) in [7, 11) is 0. The van der Waals surface area contributed by atoms with E-state index in [2.05, 4.69) is 21.2 Å². The standard InChI is InChI=1S/C10H10BrF2NO/c11-7-3-9(13)10(4-8(7)12)14-6-1-2-15-5-6/h3-4,6,14H,1-2,5H2. The van der Waals surface area contributed by atoms with Crippen LogP contribution in [0.2, 0.25) is 0 Å². The molecule has 2 nitrogen and oxygen atoms in total. The quantitative estimate of drug-likeness (QED) is 0.840. The van der Waals surface area contributed by atoms with Gasteiger partial charge in [0.15, 0.2) is 0 Å². The Morgan fingerprint density at radius 2 is 2.13 bits per heavy atom. The Morgan fingerprint density at radius 1 is 1.33 bits per heavy atom. The molecule has 0 saturated carbocycles. The van der Waals surface area contributed by atoms with Gasteiger partial charge in [0, 0.05) is 12.7 Å². The maximum Gasteiger partial charge on any atom is 0.147 e. The second-order valence-corrected chi connectivity index (χ2v) is 4.31. The molecule has 0 amide bonds. The molecule has 0 spiro atoms. The zero-order chi connectivity index (χ0) is 10.8. The average Bonchev–Trinajstić information content (AvgIpc) is 2.67. The summed E-state index contributed by atoms with van der Waals surface area (Å²) in [6.07, 6.45) is 0.817. The molecule has 1 aromatic carbocycles. The molecule has 5 heteroatoms. The van der Waals surface area contributed by atoms with Crippen molar-refractivity contribution in [1.29, 1.82) is 0 Å². The molecule has 1 fully saturated rings. The van der Waals surface area contributed by atoms with Crippen molar-refractivity contribution in [3.8, 4) is 0 Å². The van der Waals surface area contributed by atoms with Gasteiger partial charge in [0.1, 0.15) is 11.6 Å². The Balaban J connectivity index is 2.16. The van der Waals surface area contributed by atoms with Gasteiger partial charge in [-0.3, -0.25) is 0 Å². The summed E-state index contributed by atoms with van der Waals surface area (Å²) in [5.41, 5.74) is 0.186. The van der Waals surface area contributed by atoms with Gasteiger partial charge < -0.3 is 10.1 Å². The Hall–Kier alpha value is -0.680. The number of hydrogen-bond donors (Lipinski definition) is 1. The van der Waals surface area contributed by atoms with Gasteiger partial charge >= 0.3 is 0 Å². The number of benzene rings is 1. The molecular weight excluding hydrogens is 268 g/mol. The van der Waals surface area contributed by atoms with Gasteiger partial charge in [0.05, 0.1) is 22.8 Å². The van der Waals surface area contributed by atoms with Crippen LogP contribution in [0.5, 0.6) is 0 Å². The van der Waals surface area contributed by atoms with E-state index in [0.717, 1.165) is 18.6 Å². The highest BCUT2D eigenvalue weighted by Gasteiger charge is 2.17. The fourth-order valence-corrected chi connectivity index (χ4v) is 1.82. The third kappa shape index (κ3) is 2.46. The Kier molecular flexibility index (Phi) is 3.21. The molecule has 1 aliphatic heterocycles. The minimum atomic E-state index is -0.474. The van der Waals surface area contributed by atoms with E-state index in [0.29, 0.717) is 13.2 Å². The number of anilines is 1. The smallest absolute Gasteiger partial charge is 0.147 e. The molecule has 0 aromatic heterocycles. The van der Waals surface area contributed by atoms with E-state index in [-0.39, 0.29) is 16.2 Å². The van der Waals surface area contributed by atoms with Crippen LogP contribution in [-0.2, 0) is 4.74 Å². The SMILES string of the molecule is Fc1cc(NC2CCOC2)c(F)cc1Br. The summed E-state index contributed by atoms with van der Waals surface area (Å²) in [6.45, 7) is 1.20. The van der Waals surface area contributed by atoms with Gasteiger partial charge in [0.25, 0.3) is 0 Å². The Bertz CT molecular complexity index is 367. The van der Waals surface area contributed by atoms with Crippen LogP contribution in [0.25, 0.3) is 0 Å². The van der Waals surface area contributed by atoms with E-state index >= 15 is 0 Å². The molecule has 15 heavy (non-hydrogen) atoms. The highest BCUT2D eigenvalue weighted by atomic mass is 79.9. The summed E-state index contributed by atoms with van der Waals surface area (Å²) < 4.78 is 31.8. The van der Waals surface area contributed by atoms with E-state index in [1.807, 2.05) is 0 Å². The van der Waals surface area contributed by atoms with Gasteiger partial charge in [-0.25, -0.2) is 8.78 Å². The molecule has 1 N–H and O–H groups in total. The number of ether oxygens (including phenoxy) is 1. The summed E-state index contributed by atoms with van der Waals surface area (Å²) in [5, 5.41) is 2.92. The Morgan fingerprint density at radius 3 is 2.80 bits per heavy atom. The highest BCUT2D eigenvalue weighted by Crippen LogP contribution is 2.24. The van der Waals surface area contributed by atoms with Crippen molar-refractivity contribution in [1.82, 2.24) is 0 Å². The number of rotatable bonds is 2. The van der Waals surface area contributed by atoms with Crippen LogP contribution < -0.4 is 5.32 Å². The number of hydrogen-bond acceptors (Lipinski definition) is 2. The first kappa shape index (κ1) is 10.8. The molecule has 0 aliphatic carbocycles. The van der Waals surface area contributed by atoms with Crippen molar-refractivity contribution in [2.45, 2.75) is 12.5 Å². The van der Waals surface area contributed by atoms with Crippen molar-refractivity contribution in [3.63, 3.8) is 0 Å². The van der Waals surface area contributed by atoms with E-state index in [1.54, 1.807) is 0 Å². The van der Waals surface area contributed by atoms with Gasteiger partial charge in [-0.05, 0) is 28.4 Å². The van der Waals surface area contributed by atoms with Gasteiger partial charge in [-0.2, -0.15) is 0 Å². The van der Waals surface area contributed by atoms with Crippen LogP contribution in [0.3, 0.4) is 0 Å². The third-order valence-electron chi connectivity index (χ3n) is 2.30. The lowest BCUT2D eigenvalue weighted by Crippen LogP contribution is -2.19. The number of halogens is 3. The van der Waals surface area contributed by atoms with Crippen molar-refractivity contribution in [2.24, 2.45) is 0 Å². The predicted octanol–water partition coefficient (Wildman–Crippen LogP) is 2.93. The molecule has 1 aromatic rings. The Labute approximate surface area is 94.7 Å². The van der Waals surface area contributed by atoms with Crippen molar-refractivity contribution < 1.29 is 13.5 Å². The summed E-state index contributed by atoms with van der Waals surface area (Å²) in [6, 6.07) is 2.34. The van der Waals surface area contributed by atoms with Crippen LogP contribution in [0.4, 0.5) is 14.5 Å². The zero-order valence-corrected chi connectivity index (χ0v) is 9.48. The molecule has 1 unspecified atom stereocenters. The first-order valence-corrected chi connectivity index (χ1v) is 5.45. The molecule has 1 atom stereocenters. The fourth-order valence-electron chi connectivity index (χ4n) is 1.50. The maximum atomic E-state index is 13.4. The minimum absolute atomic E-state index is 0.0695. The van der Waals surface area contributed by atoms with Crippen molar-refractivity contribution >= 4 is 21.6 Å². The van der Waals surface area contributed by atoms with Crippen LogP contribution in [0.15, 0.2) is 16.6 Å². The summed E-state index contributed by atoms with van der Waals surface area (Å²) >= 11 is 2.93. The molecule has 1 aliphatic rings. The fraction of sp³-hybridized carbons (Fsp3) is 0.400. The molecule has 1 heterocycles. The van der Waals surface area contributed by atoms with E-state index < -0.39 is 11.6 Å². The maximum absolute atomic E-state index is 13.4. The van der Waals surface area contributed by atoms with Gasteiger partial charge in [-0.1, -0.05) is 0 Å². The van der Waals surface area contributed by atoms with Crippen LogP contribution in [0, 0.1) is 11.6 Å². The topological polar surface area (TPSA) is 21.3 Å². The predicted molar refractivity (Wildman–Crippen MR) is 56.9 cm³/mol. The normalized spacial score (nSPS) is 20.6. The summed E-state index contributed by atoms with van der Waals surface area (Å²) in [5.74, 6) is -0.937. The number of nitrogens with one attached hydrogen (secondary N) is 1. The zero-order valence-electron chi connectivity index (χ0n) is 7.90. The van der Waals surface area contributed by atoms with E-state index in [9.17, 15) is 8.78 Å². The van der Waals surface area contributed by atoms with Crippen molar-refractivity contribution in [2.75, 3.05) is 18.5 Å². The first-order valence-electron chi connectivity index (χ1n) is 4.65. The molecule has 1 saturated heterocycles. The largest absolute Gasteiger partial charge is 0.379 e. The second-order valence-electron chi connectivity index (χ2n) is 3.45. The molecule has 82 valence electrons. The lowest BCUT2D eigenvalue weighted by atomic mass is 10.2. The minimum Gasteiger partial charge on any atom is -0.379 e. The van der Waals surface area contributed by atoms with E-state index in [1.165, 1.54) is 0 Å². The lowest BCUT2D eigenvalue weighted by molar-refractivity contribution is 0.195. The van der Waals surface area contributed by atoms with Crippen LogP contribution in [0.1, 0.15) is 6.42 Å². The highest BCUT2D eigenvalue weighted by molar-refractivity contribution is 9.10. The average molecular weight is 278 g/mol. The van der Waals surface area contributed by atoms with Gasteiger partial charge in [-0.15, -0.1) is 0 Å². The summed E-state index contributed by atoms with van der Waals surface area (Å²) in [4.78, 5) is 0. The first-order chi connectivity index (χ1) is 7.16. The lowest BCUT2D eigenvalue weighted by Gasteiger charge is -2.13. The van der Waals surface area contributed by atoms with Crippen molar-refractivity contribution in [3.05, 3.63) is 28.2 Å². The molecule has 0 bridgehead atoms. The van der Waals surface area contributed by atoms with Crippen LogP contribution in [-0.4, -0.2) is 19.3 Å². The van der Waals surface area contributed by atoms with Gasteiger partial charge in [0.2, 0.25) is 0 Å². The molecule has 2 rings (SSSR count). The van der Waals surface area contributed by atoms with Crippen LogP contribution >= 0.6 is 15.9 Å². The molecule has 0 radical (unpaired) electrons. The monoisotopic (exact) mass is 277 g/mol.